The Morgan fingerprint density at radius 3 is 2.83 bits per heavy atom. The van der Waals surface area contributed by atoms with Gasteiger partial charge >= 0.3 is 0 Å². The van der Waals surface area contributed by atoms with Gasteiger partial charge in [-0.1, -0.05) is 41.9 Å². The monoisotopic (exact) mass is 406 g/mol. The third-order valence-electron chi connectivity index (χ3n) is 5.29. The molecule has 2 heterocycles. The van der Waals surface area contributed by atoms with E-state index in [2.05, 4.69) is 34.6 Å². The second kappa shape index (κ2) is 7.50. The van der Waals surface area contributed by atoms with E-state index in [0.29, 0.717) is 29.7 Å². The fourth-order valence-corrected chi connectivity index (χ4v) is 4.04. The molecule has 5 rings (SSSR count). The Morgan fingerprint density at radius 2 is 2.00 bits per heavy atom. The number of ether oxygens (including phenoxy) is 2. The molecule has 1 aromatic heterocycles. The van der Waals surface area contributed by atoms with Gasteiger partial charge in [0.1, 0.15) is 11.1 Å². The molecule has 0 bridgehead atoms. The highest BCUT2D eigenvalue weighted by Crippen LogP contribution is 2.37. The number of rotatable bonds is 4. The first kappa shape index (κ1) is 18.2. The number of carbonyl (C=O) groups is 1. The second-order valence-corrected chi connectivity index (χ2v) is 7.68. The smallest absolute Gasteiger partial charge is 0.257 e. The number of nitrogens with one attached hydrogen (secondary N) is 1. The normalized spacial score (nSPS) is 16.9. The van der Waals surface area contributed by atoms with Gasteiger partial charge < -0.3 is 14.8 Å². The fraction of sp³-hybridized carbons (Fsp3) is 0.217. The molecule has 29 heavy (non-hydrogen) atoms. The summed E-state index contributed by atoms with van der Waals surface area (Å²) in [4.78, 5) is 16.9. The summed E-state index contributed by atoms with van der Waals surface area (Å²) >= 11 is 6.27. The lowest BCUT2D eigenvalue weighted by Gasteiger charge is -2.13. The van der Waals surface area contributed by atoms with Crippen LogP contribution in [0.5, 0.6) is 5.88 Å². The Labute approximate surface area is 173 Å². The number of aromatic nitrogens is 1. The van der Waals surface area contributed by atoms with Gasteiger partial charge in [-0.3, -0.25) is 4.79 Å². The van der Waals surface area contributed by atoms with Gasteiger partial charge in [0.25, 0.3) is 5.91 Å². The average Bonchev–Trinajstić information content (AvgIpc) is 3.36. The third kappa shape index (κ3) is 3.59. The van der Waals surface area contributed by atoms with E-state index >= 15 is 0 Å². The number of hydrogen-bond acceptors (Lipinski definition) is 4. The lowest BCUT2D eigenvalue weighted by molar-refractivity contribution is 0.102. The van der Waals surface area contributed by atoms with Crippen molar-refractivity contribution in [2.45, 2.75) is 18.9 Å². The molecule has 1 aliphatic carbocycles. The van der Waals surface area contributed by atoms with Crippen LogP contribution in [0.1, 0.15) is 27.9 Å². The minimum Gasteiger partial charge on any atom is -0.471 e. The van der Waals surface area contributed by atoms with Crippen LogP contribution in [0, 0.1) is 0 Å². The number of nitrogens with zero attached hydrogens (tertiary/aromatic N) is 1. The lowest BCUT2D eigenvalue weighted by Crippen LogP contribution is -2.17. The Kier molecular flexibility index (Phi) is 4.70. The highest BCUT2D eigenvalue weighted by Gasteiger charge is 2.21. The van der Waals surface area contributed by atoms with Gasteiger partial charge in [-0.05, 0) is 46.9 Å². The Morgan fingerprint density at radius 1 is 1.14 bits per heavy atom. The molecular weight excluding hydrogens is 388 g/mol. The SMILES string of the molecule is O=C(Nc1ccc2c(c1)Cc1ccccc1-2)c1cnc(O[C@@H]2CCOC2)c(Cl)c1. The number of fused-ring (bicyclic) bond motifs is 3. The number of hydrogen-bond donors (Lipinski definition) is 1. The summed E-state index contributed by atoms with van der Waals surface area (Å²) in [7, 11) is 0. The first-order valence-corrected chi connectivity index (χ1v) is 9.98. The summed E-state index contributed by atoms with van der Waals surface area (Å²) in [5.74, 6) is 0.0691. The number of amides is 1. The molecular formula is C23H19ClN2O3. The predicted octanol–water partition coefficient (Wildman–Crippen LogP) is 4.73. The van der Waals surface area contributed by atoms with Gasteiger partial charge in [0, 0.05) is 18.3 Å². The summed E-state index contributed by atoms with van der Waals surface area (Å²) < 4.78 is 11.0. The Bertz CT molecular complexity index is 1090. The van der Waals surface area contributed by atoms with Crippen molar-refractivity contribution < 1.29 is 14.3 Å². The molecule has 1 N–H and O–H groups in total. The molecule has 1 atom stereocenters. The van der Waals surface area contributed by atoms with E-state index in [0.717, 1.165) is 18.5 Å². The molecule has 146 valence electrons. The molecule has 2 aliphatic rings. The Balaban J connectivity index is 1.31. The topological polar surface area (TPSA) is 60.5 Å². The fourth-order valence-electron chi connectivity index (χ4n) is 3.83. The maximum Gasteiger partial charge on any atom is 0.257 e. The van der Waals surface area contributed by atoms with Crippen molar-refractivity contribution in [3.63, 3.8) is 0 Å². The van der Waals surface area contributed by atoms with E-state index in [1.54, 1.807) is 6.07 Å². The molecule has 1 amide bonds. The van der Waals surface area contributed by atoms with Gasteiger partial charge in [0.15, 0.2) is 0 Å². The molecule has 1 saturated heterocycles. The Hall–Kier alpha value is -2.89. The highest BCUT2D eigenvalue weighted by atomic mass is 35.5. The third-order valence-corrected chi connectivity index (χ3v) is 5.56. The number of anilines is 1. The van der Waals surface area contributed by atoms with Crippen molar-refractivity contribution in [2.24, 2.45) is 0 Å². The molecule has 2 aromatic carbocycles. The standard InChI is InChI=1S/C23H19ClN2O3/c24-21-11-16(12-25-23(21)29-18-7-8-28-13-18)22(27)26-17-5-6-20-15(10-17)9-14-3-1-2-4-19(14)20/h1-6,10-12,18H,7-9,13H2,(H,26,27)/t18-/m1/s1. The van der Waals surface area contributed by atoms with Gasteiger partial charge in [-0.25, -0.2) is 4.98 Å². The van der Waals surface area contributed by atoms with Crippen molar-refractivity contribution >= 4 is 23.2 Å². The number of carbonyl (C=O) groups excluding carboxylic acids is 1. The molecule has 6 heteroatoms. The average molecular weight is 407 g/mol. The van der Waals surface area contributed by atoms with E-state index in [-0.39, 0.29) is 12.0 Å². The van der Waals surface area contributed by atoms with Gasteiger partial charge in [0.2, 0.25) is 5.88 Å². The zero-order chi connectivity index (χ0) is 19.8. The first-order valence-electron chi connectivity index (χ1n) is 9.60. The molecule has 0 saturated carbocycles. The maximum absolute atomic E-state index is 12.7. The van der Waals surface area contributed by atoms with Crippen molar-refractivity contribution in [1.29, 1.82) is 0 Å². The predicted molar refractivity (Wildman–Crippen MR) is 112 cm³/mol. The molecule has 1 aliphatic heterocycles. The van der Waals surface area contributed by atoms with E-state index in [9.17, 15) is 4.79 Å². The van der Waals surface area contributed by atoms with E-state index < -0.39 is 0 Å². The highest BCUT2D eigenvalue weighted by molar-refractivity contribution is 6.32. The summed E-state index contributed by atoms with van der Waals surface area (Å²) in [5, 5.41) is 3.25. The largest absolute Gasteiger partial charge is 0.471 e. The van der Waals surface area contributed by atoms with E-state index in [1.165, 1.54) is 28.5 Å². The van der Waals surface area contributed by atoms with Crippen LogP contribution < -0.4 is 10.1 Å². The van der Waals surface area contributed by atoms with Gasteiger partial charge in [0.05, 0.1) is 18.8 Å². The van der Waals surface area contributed by atoms with Gasteiger partial charge in [-0.15, -0.1) is 0 Å². The molecule has 0 spiro atoms. The van der Waals surface area contributed by atoms with Crippen LogP contribution in [-0.2, 0) is 11.2 Å². The second-order valence-electron chi connectivity index (χ2n) is 7.27. The summed E-state index contributed by atoms with van der Waals surface area (Å²) in [6.45, 7) is 1.21. The summed E-state index contributed by atoms with van der Waals surface area (Å²) in [6.07, 6.45) is 3.12. The zero-order valence-electron chi connectivity index (χ0n) is 15.7. The quantitative estimate of drug-likeness (QED) is 0.532. The van der Waals surface area contributed by atoms with E-state index in [1.807, 2.05) is 18.2 Å². The van der Waals surface area contributed by atoms with Gasteiger partial charge in [-0.2, -0.15) is 0 Å². The summed E-state index contributed by atoms with van der Waals surface area (Å²) in [6, 6.07) is 16.0. The van der Waals surface area contributed by atoms with Crippen LogP contribution in [0.2, 0.25) is 5.02 Å². The maximum atomic E-state index is 12.7. The number of pyridine rings is 1. The first-order chi connectivity index (χ1) is 14.2. The minimum atomic E-state index is -0.259. The molecule has 5 nitrogen and oxygen atoms in total. The number of halogens is 1. The van der Waals surface area contributed by atoms with Crippen LogP contribution >= 0.6 is 11.6 Å². The van der Waals surface area contributed by atoms with Crippen LogP contribution in [-0.4, -0.2) is 30.2 Å². The van der Waals surface area contributed by atoms with Crippen molar-refractivity contribution in [3.8, 4) is 17.0 Å². The molecule has 3 aromatic rings. The summed E-state index contributed by atoms with van der Waals surface area (Å²) in [5.41, 5.74) is 6.14. The molecule has 1 fully saturated rings. The van der Waals surface area contributed by atoms with Crippen LogP contribution in [0.4, 0.5) is 5.69 Å². The zero-order valence-corrected chi connectivity index (χ0v) is 16.4. The van der Waals surface area contributed by atoms with Crippen LogP contribution in [0.15, 0.2) is 54.7 Å². The molecule has 0 radical (unpaired) electrons. The minimum absolute atomic E-state index is 0.0461. The van der Waals surface area contributed by atoms with E-state index in [4.69, 9.17) is 21.1 Å². The van der Waals surface area contributed by atoms with Crippen LogP contribution in [0.25, 0.3) is 11.1 Å². The molecule has 0 unspecified atom stereocenters. The van der Waals surface area contributed by atoms with Crippen LogP contribution in [0.3, 0.4) is 0 Å². The van der Waals surface area contributed by atoms with Crippen molar-refractivity contribution in [2.75, 3.05) is 18.5 Å². The van der Waals surface area contributed by atoms with Crippen molar-refractivity contribution in [1.82, 2.24) is 4.98 Å². The van der Waals surface area contributed by atoms with Crippen molar-refractivity contribution in [3.05, 3.63) is 76.4 Å². The number of benzene rings is 2. The lowest BCUT2D eigenvalue weighted by atomic mass is 10.1.